The van der Waals surface area contributed by atoms with Gasteiger partial charge in [0.25, 0.3) is 0 Å². The summed E-state index contributed by atoms with van der Waals surface area (Å²) in [6, 6.07) is 0. The molecule has 19 heavy (non-hydrogen) atoms. The normalized spacial score (nSPS) is 11.0. The second-order valence-corrected chi connectivity index (χ2v) is 4.94. The van der Waals surface area contributed by atoms with Crippen molar-refractivity contribution >= 4 is 17.6 Å². The second kappa shape index (κ2) is 5.17. The van der Waals surface area contributed by atoms with E-state index in [0.717, 1.165) is 0 Å². The highest BCUT2D eigenvalue weighted by Crippen LogP contribution is 2.25. The number of carbonyl (C=O) groups is 1. The number of hydrogen-bond acceptors (Lipinski definition) is 6. The first-order valence-corrected chi connectivity index (χ1v) is 5.60. The van der Waals surface area contributed by atoms with Crippen molar-refractivity contribution in [3.05, 3.63) is 21.6 Å². The average molecular weight is 268 g/mol. The monoisotopic (exact) mass is 268 g/mol. The third-order valence-electron chi connectivity index (χ3n) is 1.97. The van der Waals surface area contributed by atoms with Gasteiger partial charge in [-0.1, -0.05) is 0 Å². The molecular formula is C11H16N4O4. The first-order chi connectivity index (χ1) is 8.60. The van der Waals surface area contributed by atoms with Gasteiger partial charge in [0.2, 0.25) is 5.82 Å². The maximum absolute atomic E-state index is 11.6. The number of ether oxygens (including phenoxy) is 1. The highest BCUT2D eigenvalue weighted by Gasteiger charge is 2.25. The Morgan fingerprint density at radius 1 is 1.32 bits per heavy atom. The van der Waals surface area contributed by atoms with Crippen LogP contribution in [0.15, 0.2) is 0 Å². The minimum Gasteiger partial charge on any atom is -0.444 e. The number of aryl methyl sites for hydroxylation is 2. The Morgan fingerprint density at radius 2 is 1.89 bits per heavy atom. The molecule has 1 aromatic heterocycles. The molecule has 0 aliphatic rings. The fourth-order valence-corrected chi connectivity index (χ4v) is 1.41. The molecule has 1 rings (SSSR count). The van der Waals surface area contributed by atoms with E-state index in [0.29, 0.717) is 5.82 Å². The minimum atomic E-state index is -0.798. The largest absolute Gasteiger partial charge is 0.444 e. The van der Waals surface area contributed by atoms with Crippen molar-refractivity contribution in [2.75, 3.05) is 5.32 Å². The Labute approximate surface area is 110 Å². The second-order valence-electron chi connectivity index (χ2n) is 4.94. The molecule has 0 fully saturated rings. The van der Waals surface area contributed by atoms with Crippen molar-refractivity contribution in [2.24, 2.45) is 0 Å². The molecule has 8 heteroatoms. The standard InChI is InChI=1S/C11H16N4O4/c1-6-8(15(17)18)9(13-7(2)12-6)14-10(16)19-11(3,4)5/h1-5H3,(H,12,13,14,16). The highest BCUT2D eigenvalue weighted by molar-refractivity contribution is 5.86. The fourth-order valence-electron chi connectivity index (χ4n) is 1.41. The van der Waals surface area contributed by atoms with E-state index in [9.17, 15) is 14.9 Å². The predicted molar refractivity (Wildman–Crippen MR) is 68.0 cm³/mol. The molecule has 0 atom stereocenters. The third-order valence-corrected chi connectivity index (χ3v) is 1.97. The number of aromatic nitrogens is 2. The van der Waals surface area contributed by atoms with Crippen LogP contribution in [0.4, 0.5) is 16.3 Å². The molecule has 0 unspecified atom stereocenters. The first kappa shape index (κ1) is 14.8. The molecule has 0 aliphatic heterocycles. The average Bonchev–Trinajstić information content (AvgIpc) is 2.10. The van der Waals surface area contributed by atoms with Crippen LogP contribution in [0.25, 0.3) is 0 Å². The molecule has 0 aliphatic carbocycles. The summed E-state index contributed by atoms with van der Waals surface area (Å²) in [7, 11) is 0. The maximum Gasteiger partial charge on any atom is 0.413 e. The zero-order chi connectivity index (χ0) is 14.8. The molecule has 0 bridgehead atoms. The Hall–Kier alpha value is -2.25. The first-order valence-electron chi connectivity index (χ1n) is 5.60. The van der Waals surface area contributed by atoms with Crippen LogP contribution in [-0.4, -0.2) is 26.6 Å². The quantitative estimate of drug-likeness (QED) is 0.651. The van der Waals surface area contributed by atoms with Gasteiger partial charge in [-0.05, 0) is 34.6 Å². The van der Waals surface area contributed by atoms with Crippen molar-refractivity contribution in [3.63, 3.8) is 0 Å². The lowest BCUT2D eigenvalue weighted by Gasteiger charge is -2.19. The summed E-state index contributed by atoms with van der Waals surface area (Å²) in [4.78, 5) is 29.7. The van der Waals surface area contributed by atoms with Crippen LogP contribution in [0.1, 0.15) is 32.3 Å². The van der Waals surface area contributed by atoms with E-state index in [1.54, 1.807) is 27.7 Å². The van der Waals surface area contributed by atoms with Gasteiger partial charge < -0.3 is 4.74 Å². The van der Waals surface area contributed by atoms with Gasteiger partial charge >= 0.3 is 11.8 Å². The third kappa shape index (κ3) is 4.16. The molecule has 0 radical (unpaired) electrons. The number of hydrogen-bond donors (Lipinski definition) is 1. The van der Waals surface area contributed by atoms with Gasteiger partial charge in [-0.2, -0.15) is 0 Å². The summed E-state index contributed by atoms with van der Waals surface area (Å²) in [5.41, 5.74) is -0.851. The Balaban J connectivity index is 3.07. The zero-order valence-corrected chi connectivity index (χ0v) is 11.5. The molecule has 1 N–H and O–H groups in total. The molecule has 0 saturated carbocycles. The van der Waals surface area contributed by atoms with Gasteiger partial charge in [0.05, 0.1) is 4.92 Å². The smallest absolute Gasteiger partial charge is 0.413 e. The predicted octanol–water partition coefficient (Wildman–Crippen LogP) is 2.35. The number of amides is 1. The summed E-state index contributed by atoms with van der Waals surface area (Å²) >= 11 is 0. The van der Waals surface area contributed by atoms with Crippen LogP contribution >= 0.6 is 0 Å². The molecular weight excluding hydrogens is 252 g/mol. The Morgan fingerprint density at radius 3 is 2.37 bits per heavy atom. The van der Waals surface area contributed by atoms with E-state index in [-0.39, 0.29) is 17.2 Å². The summed E-state index contributed by atoms with van der Waals surface area (Å²) < 4.78 is 5.02. The molecule has 8 nitrogen and oxygen atoms in total. The van der Waals surface area contributed by atoms with Crippen LogP contribution in [-0.2, 0) is 4.74 Å². The summed E-state index contributed by atoms with van der Waals surface area (Å²) in [5.74, 6) is 0.165. The molecule has 1 aromatic rings. The van der Waals surface area contributed by atoms with Crippen molar-refractivity contribution in [3.8, 4) is 0 Å². The van der Waals surface area contributed by atoms with Gasteiger partial charge in [0.15, 0.2) is 0 Å². The number of rotatable bonds is 2. The summed E-state index contributed by atoms with van der Waals surface area (Å²) in [5, 5.41) is 13.2. The van der Waals surface area contributed by atoms with Crippen molar-refractivity contribution < 1.29 is 14.5 Å². The molecule has 104 valence electrons. The van der Waals surface area contributed by atoms with Crippen LogP contribution in [0.5, 0.6) is 0 Å². The van der Waals surface area contributed by atoms with E-state index in [1.165, 1.54) is 6.92 Å². The number of carbonyl (C=O) groups excluding carboxylic acids is 1. The summed E-state index contributed by atoms with van der Waals surface area (Å²) in [6.45, 7) is 8.14. The highest BCUT2D eigenvalue weighted by atomic mass is 16.6. The summed E-state index contributed by atoms with van der Waals surface area (Å²) in [6.07, 6.45) is -0.798. The van der Waals surface area contributed by atoms with Crippen LogP contribution in [0.3, 0.4) is 0 Å². The van der Waals surface area contributed by atoms with E-state index >= 15 is 0 Å². The number of anilines is 1. The van der Waals surface area contributed by atoms with Crippen LogP contribution in [0.2, 0.25) is 0 Å². The minimum absolute atomic E-state index is 0.163. The lowest BCUT2D eigenvalue weighted by Crippen LogP contribution is -2.28. The Bertz CT molecular complexity index is 522. The van der Waals surface area contributed by atoms with Gasteiger partial charge in [0.1, 0.15) is 17.1 Å². The molecule has 0 aromatic carbocycles. The van der Waals surface area contributed by atoms with Crippen LogP contribution < -0.4 is 5.32 Å². The van der Waals surface area contributed by atoms with Crippen LogP contribution in [0, 0.1) is 24.0 Å². The van der Waals surface area contributed by atoms with Gasteiger partial charge in [0, 0.05) is 0 Å². The van der Waals surface area contributed by atoms with Crippen molar-refractivity contribution in [2.45, 2.75) is 40.2 Å². The van der Waals surface area contributed by atoms with E-state index < -0.39 is 16.6 Å². The number of nitrogens with zero attached hydrogens (tertiary/aromatic N) is 3. The zero-order valence-electron chi connectivity index (χ0n) is 11.5. The van der Waals surface area contributed by atoms with Crippen molar-refractivity contribution in [1.82, 2.24) is 9.97 Å². The molecule has 0 saturated heterocycles. The fraction of sp³-hybridized carbons (Fsp3) is 0.545. The lowest BCUT2D eigenvalue weighted by atomic mass is 10.2. The lowest BCUT2D eigenvalue weighted by molar-refractivity contribution is -0.385. The van der Waals surface area contributed by atoms with E-state index in [2.05, 4.69) is 15.3 Å². The van der Waals surface area contributed by atoms with Crippen molar-refractivity contribution in [1.29, 1.82) is 0 Å². The number of nitro groups is 1. The topological polar surface area (TPSA) is 107 Å². The van der Waals surface area contributed by atoms with Gasteiger partial charge in [-0.3, -0.25) is 15.4 Å². The molecule has 0 spiro atoms. The molecule has 1 amide bonds. The van der Waals surface area contributed by atoms with E-state index in [1.807, 2.05) is 0 Å². The maximum atomic E-state index is 11.6. The van der Waals surface area contributed by atoms with E-state index in [4.69, 9.17) is 4.74 Å². The van der Waals surface area contributed by atoms with Gasteiger partial charge in [-0.15, -0.1) is 0 Å². The molecule has 1 heterocycles. The Kier molecular flexibility index (Phi) is 4.03. The number of nitrogens with one attached hydrogen (secondary N) is 1. The SMILES string of the molecule is Cc1nc(C)c([N+](=O)[O-])c(NC(=O)OC(C)(C)C)n1. The van der Waals surface area contributed by atoms with Gasteiger partial charge in [-0.25, -0.2) is 14.8 Å².